The number of hydrogen-bond acceptors (Lipinski definition) is 3. The van der Waals surface area contributed by atoms with Crippen LogP contribution in [0.4, 0.5) is 5.69 Å². The molecule has 1 heterocycles. The van der Waals surface area contributed by atoms with Gasteiger partial charge >= 0.3 is 0 Å². The van der Waals surface area contributed by atoms with Gasteiger partial charge in [-0.05, 0) is 45.4 Å². The van der Waals surface area contributed by atoms with E-state index in [0.29, 0.717) is 0 Å². The van der Waals surface area contributed by atoms with Crippen LogP contribution in [0, 0.1) is 11.3 Å². The van der Waals surface area contributed by atoms with Crippen molar-refractivity contribution in [3.05, 3.63) is 47.8 Å². The summed E-state index contributed by atoms with van der Waals surface area (Å²) in [6, 6.07) is 10.6. The average Bonchev–Trinajstić information content (AvgIpc) is 2.97. The van der Waals surface area contributed by atoms with Crippen LogP contribution in [0.15, 0.2) is 36.7 Å². The van der Waals surface area contributed by atoms with Crippen molar-refractivity contribution in [2.45, 2.75) is 45.7 Å². The van der Waals surface area contributed by atoms with Gasteiger partial charge in [-0.15, -0.1) is 0 Å². The number of benzene rings is 1. The van der Waals surface area contributed by atoms with Crippen LogP contribution < -0.4 is 5.32 Å². The molecule has 1 atom stereocenters. The zero-order chi connectivity index (χ0) is 15.5. The van der Waals surface area contributed by atoms with E-state index >= 15 is 0 Å². The molecule has 0 fully saturated rings. The molecule has 0 amide bonds. The molecule has 1 N–H and O–H groups in total. The molecule has 1 aromatic carbocycles. The van der Waals surface area contributed by atoms with Gasteiger partial charge < -0.3 is 5.32 Å². The Morgan fingerprint density at radius 3 is 2.52 bits per heavy atom. The molecule has 0 aliphatic heterocycles. The van der Waals surface area contributed by atoms with E-state index < -0.39 is 5.41 Å². The van der Waals surface area contributed by atoms with Gasteiger partial charge in [0.05, 0.1) is 23.7 Å². The first kappa shape index (κ1) is 15.1. The Labute approximate surface area is 126 Å². The van der Waals surface area contributed by atoms with Crippen molar-refractivity contribution in [1.29, 1.82) is 5.26 Å². The van der Waals surface area contributed by atoms with Crippen LogP contribution in [0.2, 0.25) is 0 Å². The first-order valence-electron chi connectivity index (χ1n) is 7.27. The van der Waals surface area contributed by atoms with E-state index in [0.717, 1.165) is 17.8 Å². The predicted molar refractivity (Wildman–Crippen MR) is 85.0 cm³/mol. The van der Waals surface area contributed by atoms with E-state index in [-0.39, 0.29) is 6.04 Å². The maximum absolute atomic E-state index is 9.16. The summed E-state index contributed by atoms with van der Waals surface area (Å²) in [6.45, 7) is 8.92. The Kier molecular flexibility index (Phi) is 4.32. The van der Waals surface area contributed by atoms with Crippen molar-refractivity contribution in [3.8, 4) is 6.07 Å². The monoisotopic (exact) mass is 282 g/mol. The van der Waals surface area contributed by atoms with E-state index in [2.05, 4.69) is 36.5 Å². The Morgan fingerprint density at radius 2 is 2.00 bits per heavy atom. The molecule has 0 bridgehead atoms. The minimum absolute atomic E-state index is 0.195. The highest BCUT2D eigenvalue weighted by molar-refractivity contribution is 5.48. The van der Waals surface area contributed by atoms with Crippen molar-refractivity contribution >= 4 is 5.69 Å². The average molecular weight is 282 g/mol. The molecule has 1 unspecified atom stereocenters. The minimum Gasteiger partial charge on any atom is -0.378 e. The SMILES string of the molecule is CCn1cc(C(C)Nc2ccc(C(C)(C)C#N)cc2)cn1. The summed E-state index contributed by atoms with van der Waals surface area (Å²) >= 11 is 0. The maximum atomic E-state index is 9.16. The molecule has 2 aromatic rings. The molecule has 0 aliphatic rings. The van der Waals surface area contributed by atoms with Gasteiger partial charge in [-0.25, -0.2) is 0 Å². The molecule has 0 aliphatic carbocycles. The third-order valence-corrected chi connectivity index (χ3v) is 3.75. The number of hydrogen-bond donors (Lipinski definition) is 1. The van der Waals surface area contributed by atoms with Gasteiger partial charge in [-0.1, -0.05) is 12.1 Å². The number of aryl methyl sites for hydroxylation is 1. The molecular formula is C17H22N4. The van der Waals surface area contributed by atoms with Gasteiger partial charge in [0, 0.05) is 24.0 Å². The van der Waals surface area contributed by atoms with Gasteiger partial charge in [-0.3, -0.25) is 4.68 Å². The molecule has 4 nitrogen and oxygen atoms in total. The maximum Gasteiger partial charge on any atom is 0.0766 e. The molecule has 4 heteroatoms. The molecule has 2 rings (SSSR count). The number of anilines is 1. The first-order valence-corrected chi connectivity index (χ1v) is 7.27. The van der Waals surface area contributed by atoms with Crippen molar-refractivity contribution in [1.82, 2.24) is 9.78 Å². The van der Waals surface area contributed by atoms with Gasteiger partial charge in [0.25, 0.3) is 0 Å². The lowest BCUT2D eigenvalue weighted by Gasteiger charge is -2.18. The highest BCUT2D eigenvalue weighted by Gasteiger charge is 2.19. The summed E-state index contributed by atoms with van der Waals surface area (Å²) in [5.74, 6) is 0. The van der Waals surface area contributed by atoms with Gasteiger partial charge in [0.1, 0.15) is 0 Å². The third kappa shape index (κ3) is 3.43. The highest BCUT2D eigenvalue weighted by atomic mass is 15.3. The molecule has 0 saturated heterocycles. The van der Waals surface area contributed by atoms with Crippen LogP contribution in [0.1, 0.15) is 44.9 Å². The zero-order valence-electron chi connectivity index (χ0n) is 13.1. The second-order valence-corrected chi connectivity index (χ2v) is 5.81. The molecule has 0 spiro atoms. The lowest BCUT2D eigenvalue weighted by Crippen LogP contribution is -2.13. The molecule has 110 valence electrons. The highest BCUT2D eigenvalue weighted by Crippen LogP contribution is 2.25. The van der Waals surface area contributed by atoms with Gasteiger partial charge in [0.2, 0.25) is 0 Å². The van der Waals surface area contributed by atoms with Crippen LogP contribution in [0.25, 0.3) is 0 Å². The van der Waals surface area contributed by atoms with Gasteiger partial charge in [-0.2, -0.15) is 10.4 Å². The van der Waals surface area contributed by atoms with E-state index in [1.807, 2.05) is 49.0 Å². The second kappa shape index (κ2) is 6.01. The van der Waals surface area contributed by atoms with E-state index in [4.69, 9.17) is 5.26 Å². The van der Waals surface area contributed by atoms with E-state index in [1.54, 1.807) is 0 Å². The lowest BCUT2D eigenvalue weighted by atomic mass is 9.86. The number of nitrogens with zero attached hydrogens (tertiary/aromatic N) is 3. The topological polar surface area (TPSA) is 53.6 Å². The smallest absolute Gasteiger partial charge is 0.0766 e. The number of nitrogens with one attached hydrogen (secondary N) is 1. The fourth-order valence-corrected chi connectivity index (χ4v) is 2.16. The number of aromatic nitrogens is 2. The van der Waals surface area contributed by atoms with Crippen molar-refractivity contribution in [2.75, 3.05) is 5.32 Å². The predicted octanol–water partition coefficient (Wildman–Crippen LogP) is 3.88. The normalized spacial score (nSPS) is 12.7. The Morgan fingerprint density at radius 1 is 1.33 bits per heavy atom. The van der Waals surface area contributed by atoms with Crippen molar-refractivity contribution < 1.29 is 0 Å². The van der Waals surface area contributed by atoms with Crippen LogP contribution >= 0.6 is 0 Å². The van der Waals surface area contributed by atoms with Crippen LogP contribution in [0.3, 0.4) is 0 Å². The molecule has 21 heavy (non-hydrogen) atoms. The molecular weight excluding hydrogens is 260 g/mol. The summed E-state index contributed by atoms with van der Waals surface area (Å²) in [5.41, 5.74) is 2.79. The fourth-order valence-electron chi connectivity index (χ4n) is 2.16. The summed E-state index contributed by atoms with van der Waals surface area (Å²) in [6.07, 6.45) is 3.96. The third-order valence-electron chi connectivity index (χ3n) is 3.75. The largest absolute Gasteiger partial charge is 0.378 e. The molecule has 0 radical (unpaired) electrons. The minimum atomic E-state index is -0.452. The van der Waals surface area contributed by atoms with Crippen LogP contribution in [0.5, 0.6) is 0 Å². The number of rotatable bonds is 5. The molecule has 1 aromatic heterocycles. The quantitative estimate of drug-likeness (QED) is 0.905. The Hall–Kier alpha value is -2.28. The summed E-state index contributed by atoms with van der Waals surface area (Å²) in [4.78, 5) is 0. The number of nitriles is 1. The lowest BCUT2D eigenvalue weighted by molar-refractivity contribution is 0.658. The van der Waals surface area contributed by atoms with Crippen molar-refractivity contribution in [3.63, 3.8) is 0 Å². The fraction of sp³-hybridized carbons (Fsp3) is 0.412. The molecule has 0 saturated carbocycles. The summed E-state index contributed by atoms with van der Waals surface area (Å²) in [7, 11) is 0. The Bertz CT molecular complexity index is 632. The van der Waals surface area contributed by atoms with Gasteiger partial charge in [0.15, 0.2) is 0 Å². The first-order chi connectivity index (χ1) is 9.96. The Balaban J connectivity index is 2.08. The standard InChI is InChI=1S/C17H22N4/c1-5-21-11-14(10-19-21)13(2)20-16-8-6-15(7-9-16)17(3,4)12-18/h6-11,13,20H,5H2,1-4H3. The second-order valence-electron chi connectivity index (χ2n) is 5.81. The van der Waals surface area contributed by atoms with E-state index in [9.17, 15) is 0 Å². The summed E-state index contributed by atoms with van der Waals surface area (Å²) < 4.78 is 1.92. The van der Waals surface area contributed by atoms with Crippen LogP contribution in [-0.4, -0.2) is 9.78 Å². The van der Waals surface area contributed by atoms with Crippen molar-refractivity contribution in [2.24, 2.45) is 0 Å². The zero-order valence-corrected chi connectivity index (χ0v) is 13.1. The van der Waals surface area contributed by atoms with E-state index in [1.165, 1.54) is 5.56 Å². The summed E-state index contributed by atoms with van der Waals surface area (Å²) in [5, 5.41) is 16.9. The van der Waals surface area contributed by atoms with Crippen LogP contribution in [-0.2, 0) is 12.0 Å².